The van der Waals surface area contributed by atoms with Crippen molar-refractivity contribution in [2.75, 3.05) is 25.1 Å². The summed E-state index contributed by atoms with van der Waals surface area (Å²) < 4.78 is 19.1. The number of nitrogens with two attached hydrogens (primary N) is 1. The van der Waals surface area contributed by atoms with E-state index in [1.807, 2.05) is 6.07 Å². The fourth-order valence-corrected chi connectivity index (χ4v) is 2.42. The number of hydrogen-bond acceptors (Lipinski definition) is 3. The van der Waals surface area contributed by atoms with Crippen molar-refractivity contribution in [3.63, 3.8) is 0 Å². The molecule has 1 aromatic rings. The van der Waals surface area contributed by atoms with Crippen molar-refractivity contribution in [3.05, 3.63) is 29.6 Å². The first kappa shape index (κ1) is 13.2. The molecule has 1 aliphatic heterocycles. The van der Waals surface area contributed by atoms with E-state index in [1.54, 1.807) is 13.2 Å². The number of nitrogens with zero attached hydrogens (tertiary/aromatic N) is 1. The summed E-state index contributed by atoms with van der Waals surface area (Å²) in [6.07, 6.45) is 2.26. The fraction of sp³-hybridized carbons (Fsp3) is 0.462. The van der Waals surface area contributed by atoms with Crippen molar-refractivity contribution in [2.24, 2.45) is 5.73 Å². The number of piperidine rings is 1. The quantitative estimate of drug-likeness (QED) is 0.852. The number of ether oxygens (including phenoxy) is 1. The Kier molecular flexibility index (Phi) is 4.14. The van der Waals surface area contributed by atoms with Crippen LogP contribution in [0.2, 0.25) is 0 Å². The molecule has 98 valence electrons. The van der Waals surface area contributed by atoms with Gasteiger partial charge in [-0.1, -0.05) is 12.2 Å². The average molecular weight is 268 g/mol. The molecule has 2 rings (SSSR count). The Morgan fingerprint density at radius 1 is 1.44 bits per heavy atom. The van der Waals surface area contributed by atoms with Gasteiger partial charge in [0.2, 0.25) is 0 Å². The number of rotatable bonds is 3. The van der Waals surface area contributed by atoms with Crippen LogP contribution in [-0.4, -0.2) is 31.3 Å². The SMILES string of the molecule is COC1CCN(c2ccc(C(N)=S)c(F)c2)CC1. The highest BCUT2D eigenvalue weighted by molar-refractivity contribution is 7.80. The fourth-order valence-electron chi connectivity index (χ4n) is 2.25. The molecule has 1 aliphatic rings. The van der Waals surface area contributed by atoms with Gasteiger partial charge in [0.25, 0.3) is 0 Å². The van der Waals surface area contributed by atoms with Crippen LogP contribution in [0, 0.1) is 5.82 Å². The van der Waals surface area contributed by atoms with E-state index in [1.165, 1.54) is 6.07 Å². The van der Waals surface area contributed by atoms with Gasteiger partial charge in [-0.15, -0.1) is 0 Å². The van der Waals surface area contributed by atoms with Crippen LogP contribution < -0.4 is 10.6 Å². The molecule has 0 atom stereocenters. The summed E-state index contributed by atoms with van der Waals surface area (Å²) in [6, 6.07) is 5.02. The molecule has 0 amide bonds. The molecule has 5 heteroatoms. The molecule has 1 saturated heterocycles. The summed E-state index contributed by atoms with van der Waals surface area (Å²) in [5, 5.41) is 0. The lowest BCUT2D eigenvalue weighted by atomic mass is 10.1. The van der Waals surface area contributed by atoms with Gasteiger partial charge < -0.3 is 15.4 Å². The van der Waals surface area contributed by atoms with E-state index in [9.17, 15) is 4.39 Å². The molecular weight excluding hydrogens is 251 g/mol. The van der Waals surface area contributed by atoms with Gasteiger partial charge in [0.05, 0.1) is 6.10 Å². The van der Waals surface area contributed by atoms with E-state index in [0.717, 1.165) is 31.6 Å². The summed E-state index contributed by atoms with van der Waals surface area (Å²) in [6.45, 7) is 1.76. The minimum atomic E-state index is -0.353. The first-order valence-corrected chi connectivity index (χ1v) is 6.39. The van der Waals surface area contributed by atoms with E-state index in [-0.39, 0.29) is 10.8 Å². The number of halogens is 1. The van der Waals surface area contributed by atoms with Gasteiger partial charge in [-0.05, 0) is 31.0 Å². The van der Waals surface area contributed by atoms with Gasteiger partial charge in [0, 0.05) is 31.5 Å². The Morgan fingerprint density at radius 3 is 2.61 bits per heavy atom. The van der Waals surface area contributed by atoms with Crippen molar-refractivity contribution in [3.8, 4) is 0 Å². The lowest BCUT2D eigenvalue weighted by Gasteiger charge is -2.33. The van der Waals surface area contributed by atoms with E-state index < -0.39 is 0 Å². The first-order chi connectivity index (χ1) is 8.61. The Hall–Kier alpha value is -1.20. The standard InChI is InChI=1S/C13H17FN2OS/c1-17-10-4-6-16(7-5-10)9-2-3-11(13(15)18)12(14)8-9/h2-3,8,10H,4-7H2,1H3,(H2,15,18). The Morgan fingerprint density at radius 2 is 2.11 bits per heavy atom. The summed E-state index contributed by atoms with van der Waals surface area (Å²) in [4.78, 5) is 2.25. The number of benzene rings is 1. The molecule has 0 bridgehead atoms. The van der Waals surface area contributed by atoms with Crippen LogP contribution >= 0.6 is 12.2 Å². The summed E-state index contributed by atoms with van der Waals surface area (Å²) in [5.74, 6) is -0.353. The minimum absolute atomic E-state index is 0.0946. The lowest BCUT2D eigenvalue weighted by molar-refractivity contribution is 0.0819. The van der Waals surface area contributed by atoms with Crippen molar-refractivity contribution in [2.45, 2.75) is 18.9 Å². The van der Waals surface area contributed by atoms with Crippen LogP contribution in [0.5, 0.6) is 0 Å². The monoisotopic (exact) mass is 268 g/mol. The topological polar surface area (TPSA) is 38.5 Å². The first-order valence-electron chi connectivity index (χ1n) is 5.99. The largest absolute Gasteiger partial charge is 0.389 e. The van der Waals surface area contributed by atoms with Crippen LogP contribution in [0.3, 0.4) is 0 Å². The maximum absolute atomic E-state index is 13.8. The third kappa shape index (κ3) is 2.79. The number of hydrogen-bond donors (Lipinski definition) is 1. The second kappa shape index (κ2) is 5.63. The van der Waals surface area contributed by atoms with Gasteiger partial charge in [-0.2, -0.15) is 0 Å². The van der Waals surface area contributed by atoms with E-state index in [2.05, 4.69) is 4.90 Å². The van der Waals surface area contributed by atoms with Crippen LogP contribution in [0.25, 0.3) is 0 Å². The molecule has 0 spiro atoms. The molecule has 1 aromatic carbocycles. The van der Waals surface area contributed by atoms with Crippen LogP contribution in [0.4, 0.5) is 10.1 Å². The van der Waals surface area contributed by atoms with Crippen LogP contribution in [0.1, 0.15) is 18.4 Å². The molecular formula is C13H17FN2OS. The summed E-state index contributed by atoms with van der Waals surface area (Å²) in [5.41, 5.74) is 6.62. The molecule has 0 unspecified atom stereocenters. The Bertz CT molecular complexity index is 445. The van der Waals surface area contributed by atoms with Crippen molar-refractivity contribution < 1.29 is 9.13 Å². The minimum Gasteiger partial charge on any atom is -0.389 e. The average Bonchev–Trinajstić information content (AvgIpc) is 2.38. The molecule has 18 heavy (non-hydrogen) atoms. The number of thiocarbonyl (C=S) groups is 1. The molecule has 0 saturated carbocycles. The van der Waals surface area contributed by atoms with E-state index in [0.29, 0.717) is 11.7 Å². The molecule has 3 nitrogen and oxygen atoms in total. The van der Waals surface area contributed by atoms with Crippen molar-refractivity contribution in [1.29, 1.82) is 0 Å². The zero-order chi connectivity index (χ0) is 13.1. The predicted octanol–water partition coefficient (Wildman–Crippen LogP) is 2.08. The Balaban J connectivity index is 2.11. The molecule has 1 fully saturated rings. The third-order valence-electron chi connectivity index (χ3n) is 3.36. The van der Waals surface area contributed by atoms with Gasteiger partial charge in [-0.3, -0.25) is 0 Å². The highest BCUT2D eigenvalue weighted by atomic mass is 32.1. The third-order valence-corrected chi connectivity index (χ3v) is 3.58. The van der Waals surface area contributed by atoms with Crippen LogP contribution in [0.15, 0.2) is 18.2 Å². The summed E-state index contributed by atoms with van der Waals surface area (Å²) in [7, 11) is 1.73. The highest BCUT2D eigenvalue weighted by Crippen LogP contribution is 2.23. The lowest BCUT2D eigenvalue weighted by Crippen LogP contribution is -2.36. The smallest absolute Gasteiger partial charge is 0.135 e. The van der Waals surface area contributed by atoms with E-state index >= 15 is 0 Å². The van der Waals surface area contributed by atoms with Gasteiger partial charge in [-0.25, -0.2) is 4.39 Å². The molecule has 0 aliphatic carbocycles. The maximum Gasteiger partial charge on any atom is 0.135 e. The maximum atomic E-state index is 13.8. The van der Waals surface area contributed by atoms with Crippen LogP contribution in [-0.2, 0) is 4.74 Å². The molecule has 2 N–H and O–H groups in total. The van der Waals surface area contributed by atoms with Crippen molar-refractivity contribution in [1.82, 2.24) is 0 Å². The normalized spacial score (nSPS) is 16.9. The molecule has 0 radical (unpaired) electrons. The van der Waals surface area contributed by atoms with Gasteiger partial charge in [0.15, 0.2) is 0 Å². The van der Waals surface area contributed by atoms with Crippen molar-refractivity contribution >= 4 is 22.9 Å². The summed E-state index contributed by atoms with van der Waals surface area (Å²) >= 11 is 4.79. The van der Waals surface area contributed by atoms with Gasteiger partial charge in [0.1, 0.15) is 10.8 Å². The Labute approximate surface area is 112 Å². The number of anilines is 1. The second-order valence-corrected chi connectivity index (χ2v) is 4.89. The number of methoxy groups -OCH3 is 1. The molecule has 1 heterocycles. The zero-order valence-electron chi connectivity index (χ0n) is 10.4. The van der Waals surface area contributed by atoms with E-state index in [4.69, 9.17) is 22.7 Å². The molecule has 0 aromatic heterocycles. The zero-order valence-corrected chi connectivity index (χ0v) is 11.2. The highest BCUT2D eigenvalue weighted by Gasteiger charge is 2.19. The van der Waals surface area contributed by atoms with Gasteiger partial charge >= 0.3 is 0 Å². The second-order valence-electron chi connectivity index (χ2n) is 4.45. The predicted molar refractivity (Wildman–Crippen MR) is 74.5 cm³/mol.